The van der Waals surface area contributed by atoms with Crippen molar-refractivity contribution in [2.24, 2.45) is 4.99 Å². The van der Waals surface area contributed by atoms with Gasteiger partial charge in [0.25, 0.3) is 0 Å². The molecule has 140 valence electrons. The minimum Gasteiger partial charge on any atom is -0.466 e. The zero-order valence-electron chi connectivity index (χ0n) is 16.2. The monoisotopic (exact) mass is 355 g/mol. The molecule has 0 unspecified atom stereocenters. The van der Waals surface area contributed by atoms with Gasteiger partial charge in [0.1, 0.15) is 17.3 Å². The Labute approximate surface area is 155 Å². The second-order valence-corrected chi connectivity index (χ2v) is 6.91. The number of guanidine groups is 1. The number of nitrogens with one attached hydrogen (secondary N) is 2. The standard InChI is InChI=1S/C20H29N5O/c1-14-6-5-7-19(23-14)25-10-8-18(9-11-25)24-20(21-4)22-13-17-12-15(2)26-16(17)3/h5-7,12,18H,8-11,13H2,1-4H3,(H2,21,22,24). The summed E-state index contributed by atoms with van der Waals surface area (Å²) in [4.78, 5) is 11.4. The number of rotatable bonds is 4. The Morgan fingerprint density at radius 2 is 2.04 bits per heavy atom. The summed E-state index contributed by atoms with van der Waals surface area (Å²) in [5.41, 5.74) is 2.24. The van der Waals surface area contributed by atoms with Crippen LogP contribution in [0, 0.1) is 20.8 Å². The number of hydrogen-bond donors (Lipinski definition) is 2. The van der Waals surface area contributed by atoms with Crippen LogP contribution in [0.2, 0.25) is 0 Å². The quantitative estimate of drug-likeness (QED) is 0.652. The molecule has 0 atom stereocenters. The molecule has 1 saturated heterocycles. The molecule has 6 heteroatoms. The number of aromatic nitrogens is 1. The Morgan fingerprint density at radius 1 is 1.27 bits per heavy atom. The van der Waals surface area contributed by atoms with Crippen molar-refractivity contribution in [3.63, 3.8) is 0 Å². The minimum absolute atomic E-state index is 0.425. The molecule has 0 bridgehead atoms. The Balaban J connectivity index is 1.49. The van der Waals surface area contributed by atoms with E-state index in [4.69, 9.17) is 4.42 Å². The van der Waals surface area contributed by atoms with E-state index in [0.29, 0.717) is 6.04 Å². The lowest BCUT2D eigenvalue weighted by Crippen LogP contribution is -2.48. The third kappa shape index (κ3) is 4.56. The molecule has 1 fully saturated rings. The number of anilines is 1. The maximum atomic E-state index is 5.58. The van der Waals surface area contributed by atoms with Crippen LogP contribution in [0.5, 0.6) is 0 Å². The summed E-state index contributed by atoms with van der Waals surface area (Å²) in [6.45, 7) is 8.73. The van der Waals surface area contributed by atoms with E-state index in [1.54, 1.807) is 0 Å². The number of pyridine rings is 1. The van der Waals surface area contributed by atoms with E-state index in [2.05, 4.69) is 43.7 Å². The van der Waals surface area contributed by atoms with Crippen LogP contribution in [0.4, 0.5) is 5.82 Å². The molecule has 2 aromatic heterocycles. The van der Waals surface area contributed by atoms with Crippen LogP contribution in [-0.2, 0) is 6.54 Å². The summed E-state index contributed by atoms with van der Waals surface area (Å²) in [6.07, 6.45) is 2.14. The second-order valence-electron chi connectivity index (χ2n) is 6.91. The highest BCUT2D eigenvalue weighted by atomic mass is 16.3. The highest BCUT2D eigenvalue weighted by molar-refractivity contribution is 5.80. The van der Waals surface area contributed by atoms with Gasteiger partial charge < -0.3 is 20.0 Å². The largest absolute Gasteiger partial charge is 0.466 e. The Bertz CT molecular complexity index is 759. The van der Waals surface area contributed by atoms with E-state index in [1.165, 1.54) is 5.56 Å². The zero-order valence-corrected chi connectivity index (χ0v) is 16.2. The van der Waals surface area contributed by atoms with Crippen molar-refractivity contribution < 1.29 is 4.42 Å². The van der Waals surface area contributed by atoms with Gasteiger partial charge in [-0.25, -0.2) is 4.98 Å². The van der Waals surface area contributed by atoms with Crippen LogP contribution in [0.3, 0.4) is 0 Å². The first-order chi connectivity index (χ1) is 12.5. The van der Waals surface area contributed by atoms with Crippen LogP contribution in [0.15, 0.2) is 33.7 Å². The van der Waals surface area contributed by atoms with Crippen molar-refractivity contribution in [2.75, 3.05) is 25.0 Å². The predicted octanol–water partition coefficient (Wildman–Crippen LogP) is 2.93. The van der Waals surface area contributed by atoms with Crippen LogP contribution in [-0.4, -0.2) is 37.1 Å². The molecule has 0 saturated carbocycles. The normalized spacial score (nSPS) is 16.0. The molecule has 0 spiro atoms. The first-order valence-corrected chi connectivity index (χ1v) is 9.27. The Morgan fingerprint density at radius 3 is 2.65 bits per heavy atom. The van der Waals surface area contributed by atoms with Crippen molar-refractivity contribution >= 4 is 11.8 Å². The van der Waals surface area contributed by atoms with E-state index < -0.39 is 0 Å². The molecule has 0 radical (unpaired) electrons. The number of hydrogen-bond acceptors (Lipinski definition) is 4. The number of aliphatic imine (C=N–C) groups is 1. The first kappa shape index (κ1) is 18.3. The number of furan rings is 1. The highest BCUT2D eigenvalue weighted by Gasteiger charge is 2.21. The summed E-state index contributed by atoms with van der Waals surface area (Å²) in [5.74, 6) is 3.83. The fourth-order valence-electron chi connectivity index (χ4n) is 3.38. The maximum Gasteiger partial charge on any atom is 0.191 e. The molecule has 2 N–H and O–H groups in total. The molecule has 0 aliphatic carbocycles. The van der Waals surface area contributed by atoms with Crippen molar-refractivity contribution in [1.82, 2.24) is 15.6 Å². The van der Waals surface area contributed by atoms with Gasteiger partial charge in [-0.1, -0.05) is 6.07 Å². The van der Waals surface area contributed by atoms with Crippen molar-refractivity contribution in [2.45, 2.75) is 46.2 Å². The van der Waals surface area contributed by atoms with Crippen molar-refractivity contribution in [3.8, 4) is 0 Å². The molecule has 1 aliphatic heterocycles. The van der Waals surface area contributed by atoms with Gasteiger partial charge in [0.2, 0.25) is 0 Å². The molecule has 2 aromatic rings. The van der Waals surface area contributed by atoms with E-state index >= 15 is 0 Å². The molecule has 0 aromatic carbocycles. The first-order valence-electron chi connectivity index (χ1n) is 9.27. The van der Waals surface area contributed by atoms with E-state index in [-0.39, 0.29) is 0 Å². The van der Waals surface area contributed by atoms with E-state index in [0.717, 1.165) is 61.5 Å². The SMILES string of the molecule is CN=C(NCc1cc(C)oc1C)NC1CCN(c2cccc(C)n2)CC1. The van der Waals surface area contributed by atoms with Gasteiger partial charge in [0.15, 0.2) is 5.96 Å². The molecule has 6 nitrogen and oxygen atoms in total. The summed E-state index contributed by atoms with van der Waals surface area (Å²) < 4.78 is 5.58. The van der Waals surface area contributed by atoms with Gasteiger partial charge >= 0.3 is 0 Å². The summed E-state index contributed by atoms with van der Waals surface area (Å²) >= 11 is 0. The van der Waals surface area contributed by atoms with E-state index in [9.17, 15) is 0 Å². The van der Waals surface area contributed by atoms with Crippen LogP contribution >= 0.6 is 0 Å². The molecule has 3 heterocycles. The minimum atomic E-state index is 0.425. The van der Waals surface area contributed by atoms with Gasteiger partial charge in [-0.15, -0.1) is 0 Å². The summed E-state index contributed by atoms with van der Waals surface area (Å²) in [5, 5.41) is 6.94. The van der Waals surface area contributed by atoms with Gasteiger partial charge in [-0.3, -0.25) is 4.99 Å². The maximum absolute atomic E-state index is 5.58. The number of piperidine rings is 1. The van der Waals surface area contributed by atoms with Crippen LogP contribution in [0.25, 0.3) is 0 Å². The molecule has 3 rings (SSSR count). The molecular weight excluding hydrogens is 326 g/mol. The Hall–Kier alpha value is -2.50. The fourth-order valence-corrected chi connectivity index (χ4v) is 3.38. The lowest BCUT2D eigenvalue weighted by Gasteiger charge is -2.34. The van der Waals surface area contributed by atoms with E-state index in [1.807, 2.05) is 33.9 Å². The van der Waals surface area contributed by atoms with Crippen molar-refractivity contribution in [3.05, 3.63) is 47.0 Å². The third-order valence-electron chi connectivity index (χ3n) is 4.85. The van der Waals surface area contributed by atoms with Crippen LogP contribution in [0.1, 0.15) is 35.6 Å². The summed E-state index contributed by atoms with van der Waals surface area (Å²) in [6, 6.07) is 8.71. The van der Waals surface area contributed by atoms with Gasteiger partial charge in [-0.05, 0) is 51.8 Å². The molecule has 1 aliphatic rings. The van der Waals surface area contributed by atoms with Gasteiger partial charge in [0, 0.05) is 44.0 Å². The average molecular weight is 355 g/mol. The Kier molecular flexibility index (Phi) is 5.81. The molecule has 0 amide bonds. The molecular formula is C20H29N5O. The van der Waals surface area contributed by atoms with Gasteiger partial charge in [0.05, 0.1) is 0 Å². The number of nitrogens with zero attached hydrogens (tertiary/aromatic N) is 3. The lowest BCUT2D eigenvalue weighted by molar-refractivity contribution is 0.459. The van der Waals surface area contributed by atoms with Crippen LogP contribution < -0.4 is 15.5 Å². The summed E-state index contributed by atoms with van der Waals surface area (Å²) in [7, 11) is 1.81. The topological polar surface area (TPSA) is 65.7 Å². The predicted molar refractivity (Wildman–Crippen MR) is 106 cm³/mol. The zero-order chi connectivity index (χ0) is 18.5. The lowest BCUT2D eigenvalue weighted by atomic mass is 10.1. The highest BCUT2D eigenvalue weighted by Crippen LogP contribution is 2.18. The fraction of sp³-hybridized carbons (Fsp3) is 0.500. The second kappa shape index (κ2) is 8.25. The smallest absolute Gasteiger partial charge is 0.191 e. The van der Waals surface area contributed by atoms with Crippen molar-refractivity contribution in [1.29, 1.82) is 0 Å². The van der Waals surface area contributed by atoms with Gasteiger partial charge in [-0.2, -0.15) is 0 Å². The average Bonchev–Trinajstić information content (AvgIpc) is 2.96. The molecule has 26 heavy (non-hydrogen) atoms. The third-order valence-corrected chi connectivity index (χ3v) is 4.85. The number of aryl methyl sites for hydroxylation is 3.